The molecule has 0 radical (unpaired) electrons. The van der Waals surface area contributed by atoms with Crippen LogP contribution in [0.25, 0.3) is 100 Å². The van der Waals surface area contributed by atoms with Gasteiger partial charge in [0, 0.05) is 38.5 Å². The molecular weight excluding hydrogens is 649 g/mol. The van der Waals surface area contributed by atoms with E-state index in [1.165, 1.54) is 21.8 Å². The lowest BCUT2D eigenvalue weighted by Gasteiger charge is -2.12. The molecule has 4 heterocycles. The van der Waals surface area contributed by atoms with Gasteiger partial charge in [0.2, 0.25) is 5.71 Å². The summed E-state index contributed by atoms with van der Waals surface area (Å²) in [6, 6.07) is 63.6. The molecule has 0 unspecified atom stereocenters. The van der Waals surface area contributed by atoms with Crippen LogP contribution in [0, 0.1) is 0 Å². The minimum Gasteiger partial charge on any atom is -0.438 e. The van der Waals surface area contributed by atoms with Crippen LogP contribution in [0.15, 0.2) is 186 Å². The van der Waals surface area contributed by atoms with E-state index in [1.54, 1.807) is 0 Å². The molecule has 0 aliphatic rings. The molecule has 0 saturated carbocycles. The summed E-state index contributed by atoms with van der Waals surface area (Å²) >= 11 is 0. The normalized spacial score (nSPS) is 11.8. The lowest BCUT2D eigenvalue weighted by Crippen LogP contribution is -1.97. The zero-order valence-corrected chi connectivity index (χ0v) is 28.5. The molecule has 5 heteroatoms. The molecule has 11 rings (SSSR count). The summed E-state index contributed by atoms with van der Waals surface area (Å²) in [5.41, 5.74) is 14.2. The number of fused-ring (bicyclic) bond motifs is 8. The Bertz CT molecular complexity index is 3110. The molecule has 0 aliphatic heterocycles. The SMILES string of the molecule is c1ccc(-c2nc(-c3ccc(-c4c5ccccc5n5c4oc4ccccc45)cc3)cc(-c3cccc(-n4c5ccccc5c5ccccc54)c3)n2)cc1. The maximum Gasteiger partial charge on any atom is 0.213 e. The van der Waals surface area contributed by atoms with Crippen LogP contribution in [0.3, 0.4) is 0 Å². The van der Waals surface area contributed by atoms with Gasteiger partial charge in [-0.3, -0.25) is 4.40 Å². The zero-order valence-electron chi connectivity index (χ0n) is 28.5. The molecule has 248 valence electrons. The number of oxazole rings is 1. The van der Waals surface area contributed by atoms with Crippen molar-refractivity contribution >= 4 is 49.5 Å². The van der Waals surface area contributed by atoms with Crippen LogP contribution < -0.4 is 0 Å². The summed E-state index contributed by atoms with van der Waals surface area (Å²) in [5.74, 6) is 0.687. The molecule has 0 saturated heterocycles. The molecule has 0 amide bonds. The van der Waals surface area contributed by atoms with Crippen molar-refractivity contribution < 1.29 is 4.42 Å². The Hall–Kier alpha value is -7.24. The highest BCUT2D eigenvalue weighted by Crippen LogP contribution is 2.40. The van der Waals surface area contributed by atoms with E-state index in [2.05, 4.69) is 161 Å². The third-order valence-corrected chi connectivity index (χ3v) is 10.4. The first-order valence-electron chi connectivity index (χ1n) is 17.8. The van der Waals surface area contributed by atoms with E-state index in [4.69, 9.17) is 14.4 Å². The maximum atomic E-state index is 6.49. The summed E-state index contributed by atoms with van der Waals surface area (Å²) in [6.07, 6.45) is 0. The summed E-state index contributed by atoms with van der Waals surface area (Å²) in [5, 5.41) is 3.63. The fourth-order valence-corrected chi connectivity index (χ4v) is 7.94. The Labute approximate surface area is 304 Å². The predicted octanol–water partition coefficient (Wildman–Crippen LogP) is 12.4. The molecule has 53 heavy (non-hydrogen) atoms. The molecule has 11 aromatic rings. The minimum absolute atomic E-state index is 0.687. The van der Waals surface area contributed by atoms with Crippen molar-refractivity contribution in [1.82, 2.24) is 18.9 Å². The predicted molar refractivity (Wildman–Crippen MR) is 216 cm³/mol. The molecule has 0 N–H and O–H groups in total. The van der Waals surface area contributed by atoms with Gasteiger partial charge in [0.25, 0.3) is 0 Å². The number of nitrogens with zero attached hydrogens (tertiary/aromatic N) is 4. The van der Waals surface area contributed by atoms with Crippen molar-refractivity contribution in [1.29, 1.82) is 0 Å². The van der Waals surface area contributed by atoms with Crippen LogP contribution in [0.4, 0.5) is 0 Å². The first-order chi connectivity index (χ1) is 26.3. The Morgan fingerprint density at radius 1 is 0.396 bits per heavy atom. The van der Waals surface area contributed by atoms with Gasteiger partial charge >= 0.3 is 0 Å². The second-order valence-corrected chi connectivity index (χ2v) is 13.4. The van der Waals surface area contributed by atoms with E-state index < -0.39 is 0 Å². The van der Waals surface area contributed by atoms with Gasteiger partial charge in [-0.1, -0.05) is 133 Å². The fourth-order valence-electron chi connectivity index (χ4n) is 7.94. The average Bonchev–Trinajstić information content (AvgIpc) is 3.88. The van der Waals surface area contributed by atoms with Crippen molar-refractivity contribution in [3.63, 3.8) is 0 Å². The minimum atomic E-state index is 0.687. The van der Waals surface area contributed by atoms with Gasteiger partial charge in [-0.2, -0.15) is 0 Å². The van der Waals surface area contributed by atoms with Gasteiger partial charge < -0.3 is 8.98 Å². The smallest absolute Gasteiger partial charge is 0.213 e. The molecule has 0 atom stereocenters. The van der Waals surface area contributed by atoms with E-state index in [-0.39, 0.29) is 0 Å². The largest absolute Gasteiger partial charge is 0.438 e. The number of hydrogen-bond acceptors (Lipinski definition) is 3. The molecule has 0 bridgehead atoms. The van der Waals surface area contributed by atoms with Crippen molar-refractivity contribution in [3.8, 4) is 50.7 Å². The van der Waals surface area contributed by atoms with Crippen LogP contribution in [0.5, 0.6) is 0 Å². The van der Waals surface area contributed by atoms with Gasteiger partial charge in [0.15, 0.2) is 11.4 Å². The third-order valence-electron chi connectivity index (χ3n) is 10.4. The van der Waals surface area contributed by atoms with Crippen molar-refractivity contribution in [2.24, 2.45) is 0 Å². The molecule has 7 aromatic carbocycles. The van der Waals surface area contributed by atoms with Gasteiger partial charge in [-0.15, -0.1) is 0 Å². The summed E-state index contributed by atoms with van der Waals surface area (Å²) in [4.78, 5) is 10.3. The third kappa shape index (κ3) is 4.64. The van der Waals surface area contributed by atoms with Gasteiger partial charge in [-0.25, -0.2) is 9.97 Å². The molecule has 5 nitrogen and oxygen atoms in total. The second kappa shape index (κ2) is 11.7. The highest BCUT2D eigenvalue weighted by Gasteiger charge is 2.20. The molecule has 4 aromatic heterocycles. The van der Waals surface area contributed by atoms with Crippen LogP contribution in [-0.4, -0.2) is 18.9 Å². The number of rotatable bonds is 5. The molecule has 0 spiro atoms. The van der Waals surface area contributed by atoms with Crippen LogP contribution >= 0.6 is 0 Å². The van der Waals surface area contributed by atoms with Crippen molar-refractivity contribution in [3.05, 3.63) is 182 Å². The van der Waals surface area contributed by atoms with Gasteiger partial charge in [-0.05, 0) is 54.1 Å². The second-order valence-electron chi connectivity index (χ2n) is 13.4. The summed E-state index contributed by atoms with van der Waals surface area (Å²) in [7, 11) is 0. The topological polar surface area (TPSA) is 48.3 Å². The first kappa shape index (κ1) is 29.5. The summed E-state index contributed by atoms with van der Waals surface area (Å²) < 4.78 is 11.1. The van der Waals surface area contributed by atoms with Gasteiger partial charge in [0.05, 0.1) is 39.0 Å². The lowest BCUT2D eigenvalue weighted by atomic mass is 10.0. The number of aromatic nitrogens is 4. The van der Waals surface area contributed by atoms with E-state index in [0.29, 0.717) is 5.82 Å². The van der Waals surface area contributed by atoms with Crippen molar-refractivity contribution in [2.75, 3.05) is 0 Å². The van der Waals surface area contributed by atoms with E-state index in [9.17, 15) is 0 Å². The zero-order chi connectivity index (χ0) is 34.9. The Kier molecular flexibility index (Phi) is 6.48. The van der Waals surface area contributed by atoms with E-state index >= 15 is 0 Å². The van der Waals surface area contributed by atoms with E-state index in [1.807, 2.05) is 30.3 Å². The number of para-hydroxylation sites is 5. The van der Waals surface area contributed by atoms with Crippen LogP contribution in [0.1, 0.15) is 0 Å². The first-order valence-corrected chi connectivity index (χ1v) is 17.8. The lowest BCUT2D eigenvalue weighted by molar-refractivity contribution is 0.658. The highest BCUT2D eigenvalue weighted by molar-refractivity contribution is 6.09. The Morgan fingerprint density at radius 3 is 1.70 bits per heavy atom. The Balaban J connectivity index is 1.05. The number of hydrogen-bond donors (Lipinski definition) is 0. The standard InChI is InChI=1S/C48H30N4O/c1-2-13-33(14-3-1)47-49-39(30-40(50-47)34-15-12-16-35(29-34)51-41-20-7-4-17-36(41)37-18-5-8-21-42(37)51)31-25-27-32(28-26-31)46-38-19-6-9-22-43(38)52-44-23-10-11-24-45(44)53-48(46)52/h1-30H. The monoisotopic (exact) mass is 678 g/mol. The van der Waals surface area contributed by atoms with Gasteiger partial charge in [0.1, 0.15) is 0 Å². The quantitative estimate of drug-likeness (QED) is 0.182. The summed E-state index contributed by atoms with van der Waals surface area (Å²) in [6.45, 7) is 0. The average molecular weight is 679 g/mol. The van der Waals surface area contributed by atoms with Crippen LogP contribution in [-0.2, 0) is 0 Å². The van der Waals surface area contributed by atoms with E-state index in [0.717, 1.165) is 72.6 Å². The number of benzene rings is 7. The maximum absolute atomic E-state index is 6.49. The van der Waals surface area contributed by atoms with Crippen LogP contribution in [0.2, 0.25) is 0 Å². The molecular formula is C48H30N4O. The molecule has 0 fully saturated rings. The van der Waals surface area contributed by atoms with Crippen molar-refractivity contribution in [2.45, 2.75) is 0 Å². The highest BCUT2D eigenvalue weighted by atomic mass is 16.3. The Morgan fingerprint density at radius 2 is 0.962 bits per heavy atom. The molecule has 0 aliphatic carbocycles. The fraction of sp³-hybridized carbons (Fsp3) is 0.